The standard InChI is InChI=1S/C6H8O3/c1-2-3-4-5(7)6(8)9/h2-4,7H,1H3,(H,8,9)/b3-2+,5-4+. The summed E-state index contributed by atoms with van der Waals surface area (Å²) < 4.78 is 0. The van der Waals surface area contributed by atoms with Gasteiger partial charge in [0.1, 0.15) is 0 Å². The van der Waals surface area contributed by atoms with E-state index in [1.807, 2.05) is 0 Å². The quantitative estimate of drug-likeness (QED) is 0.332. The molecule has 50 valence electrons. The van der Waals surface area contributed by atoms with E-state index >= 15 is 0 Å². The van der Waals surface area contributed by atoms with Crippen molar-refractivity contribution in [3.8, 4) is 0 Å². The van der Waals surface area contributed by atoms with Gasteiger partial charge in [-0.25, -0.2) is 4.79 Å². The van der Waals surface area contributed by atoms with Gasteiger partial charge in [0, 0.05) is 0 Å². The Bertz CT molecular complexity index is 156. The van der Waals surface area contributed by atoms with Gasteiger partial charge in [0.05, 0.1) is 0 Å². The number of allylic oxidation sites excluding steroid dienone is 3. The number of aliphatic hydroxyl groups is 1. The van der Waals surface area contributed by atoms with E-state index in [1.54, 1.807) is 13.0 Å². The first-order valence-electron chi connectivity index (χ1n) is 2.43. The van der Waals surface area contributed by atoms with Gasteiger partial charge in [-0.15, -0.1) is 0 Å². The molecule has 9 heavy (non-hydrogen) atoms. The maximum absolute atomic E-state index is 9.85. The Labute approximate surface area is 52.9 Å². The largest absolute Gasteiger partial charge is 0.502 e. The molecule has 0 aromatic carbocycles. The van der Waals surface area contributed by atoms with E-state index in [9.17, 15) is 4.79 Å². The van der Waals surface area contributed by atoms with Crippen LogP contribution >= 0.6 is 0 Å². The number of carboxylic acids is 1. The molecule has 2 N–H and O–H groups in total. The second-order valence-corrected chi connectivity index (χ2v) is 1.38. The van der Waals surface area contributed by atoms with E-state index in [-0.39, 0.29) is 0 Å². The lowest BCUT2D eigenvalue weighted by atomic mass is 10.4. The van der Waals surface area contributed by atoms with E-state index in [2.05, 4.69) is 0 Å². The Morgan fingerprint density at radius 1 is 1.44 bits per heavy atom. The molecule has 0 amide bonds. The van der Waals surface area contributed by atoms with Crippen LogP contribution in [-0.2, 0) is 4.79 Å². The van der Waals surface area contributed by atoms with Gasteiger partial charge < -0.3 is 10.2 Å². The zero-order chi connectivity index (χ0) is 7.28. The Balaban J connectivity index is 4.00. The highest BCUT2D eigenvalue weighted by Gasteiger charge is 1.98. The van der Waals surface area contributed by atoms with E-state index in [1.165, 1.54) is 6.08 Å². The molecule has 0 aromatic heterocycles. The predicted octanol–water partition coefficient (Wildman–Crippen LogP) is 1.09. The van der Waals surface area contributed by atoms with Crippen molar-refractivity contribution in [1.82, 2.24) is 0 Å². The monoisotopic (exact) mass is 128 g/mol. The Morgan fingerprint density at radius 2 is 2.00 bits per heavy atom. The van der Waals surface area contributed by atoms with Gasteiger partial charge in [-0.05, 0) is 13.0 Å². The Morgan fingerprint density at radius 3 is 2.33 bits per heavy atom. The molecular weight excluding hydrogens is 120 g/mol. The van der Waals surface area contributed by atoms with Gasteiger partial charge in [-0.2, -0.15) is 0 Å². The molecule has 0 aliphatic heterocycles. The third-order valence-electron chi connectivity index (χ3n) is 0.666. The summed E-state index contributed by atoms with van der Waals surface area (Å²) in [5.74, 6) is -1.96. The SMILES string of the molecule is C/C=C/C=C(/O)C(=O)O. The summed E-state index contributed by atoms with van der Waals surface area (Å²) in [6, 6.07) is 0. The molecular formula is C6H8O3. The van der Waals surface area contributed by atoms with Crippen LogP contribution in [0, 0.1) is 0 Å². The maximum Gasteiger partial charge on any atom is 0.370 e. The van der Waals surface area contributed by atoms with Crippen LogP contribution in [0.3, 0.4) is 0 Å². The van der Waals surface area contributed by atoms with Crippen molar-refractivity contribution in [2.45, 2.75) is 6.92 Å². The van der Waals surface area contributed by atoms with E-state index in [0.717, 1.165) is 6.08 Å². The topological polar surface area (TPSA) is 57.5 Å². The van der Waals surface area contributed by atoms with Crippen LogP contribution in [0.2, 0.25) is 0 Å². The molecule has 3 nitrogen and oxygen atoms in total. The highest BCUT2D eigenvalue weighted by Crippen LogP contribution is 1.87. The van der Waals surface area contributed by atoms with Crippen molar-refractivity contribution < 1.29 is 15.0 Å². The average molecular weight is 128 g/mol. The molecule has 0 saturated carbocycles. The molecule has 0 spiro atoms. The fourth-order valence-corrected chi connectivity index (χ4v) is 0.259. The van der Waals surface area contributed by atoms with Crippen molar-refractivity contribution in [3.05, 3.63) is 24.0 Å². The lowest BCUT2D eigenvalue weighted by molar-refractivity contribution is -0.135. The average Bonchev–Trinajstić information content (AvgIpc) is 1.82. The number of carboxylic acid groups (broad SMARTS) is 1. The molecule has 0 unspecified atom stereocenters. The second kappa shape index (κ2) is 3.72. The Kier molecular flexibility index (Phi) is 3.20. The lowest BCUT2D eigenvalue weighted by Gasteiger charge is -1.85. The molecule has 0 atom stereocenters. The zero-order valence-electron chi connectivity index (χ0n) is 5.03. The normalized spacial score (nSPS) is 12.3. The fourth-order valence-electron chi connectivity index (χ4n) is 0.259. The van der Waals surface area contributed by atoms with Gasteiger partial charge in [-0.1, -0.05) is 12.2 Å². The number of carbonyl (C=O) groups is 1. The first-order chi connectivity index (χ1) is 4.18. The molecule has 3 heteroatoms. The molecule has 0 heterocycles. The van der Waals surface area contributed by atoms with Crippen LogP contribution in [0.5, 0.6) is 0 Å². The molecule has 0 aromatic rings. The number of aliphatic hydroxyl groups excluding tert-OH is 1. The van der Waals surface area contributed by atoms with E-state index in [4.69, 9.17) is 10.2 Å². The fraction of sp³-hybridized carbons (Fsp3) is 0.167. The van der Waals surface area contributed by atoms with E-state index in [0.29, 0.717) is 0 Å². The maximum atomic E-state index is 9.85. The summed E-state index contributed by atoms with van der Waals surface area (Å²) in [5.41, 5.74) is 0. The van der Waals surface area contributed by atoms with Crippen LogP contribution in [-0.4, -0.2) is 16.2 Å². The summed E-state index contributed by atoms with van der Waals surface area (Å²) in [7, 11) is 0. The first-order valence-corrected chi connectivity index (χ1v) is 2.43. The summed E-state index contributed by atoms with van der Waals surface area (Å²) in [4.78, 5) is 9.85. The molecule has 0 bridgehead atoms. The van der Waals surface area contributed by atoms with Crippen LogP contribution in [0.25, 0.3) is 0 Å². The highest BCUT2D eigenvalue weighted by atomic mass is 16.4. The third kappa shape index (κ3) is 3.34. The molecule has 0 aliphatic carbocycles. The highest BCUT2D eigenvalue weighted by molar-refractivity contribution is 5.83. The minimum absolute atomic E-state index is 0.645. The van der Waals surface area contributed by atoms with Crippen LogP contribution in [0.4, 0.5) is 0 Å². The lowest BCUT2D eigenvalue weighted by Crippen LogP contribution is -1.97. The van der Waals surface area contributed by atoms with E-state index < -0.39 is 11.7 Å². The number of hydrogen-bond acceptors (Lipinski definition) is 2. The van der Waals surface area contributed by atoms with Gasteiger partial charge in [0.25, 0.3) is 0 Å². The van der Waals surface area contributed by atoms with Crippen molar-refractivity contribution in [3.63, 3.8) is 0 Å². The third-order valence-corrected chi connectivity index (χ3v) is 0.666. The molecule has 0 rings (SSSR count). The first kappa shape index (κ1) is 7.75. The van der Waals surface area contributed by atoms with Crippen molar-refractivity contribution in [1.29, 1.82) is 0 Å². The number of rotatable bonds is 2. The predicted molar refractivity (Wildman–Crippen MR) is 33.2 cm³/mol. The van der Waals surface area contributed by atoms with Crippen molar-refractivity contribution >= 4 is 5.97 Å². The molecule has 0 radical (unpaired) electrons. The van der Waals surface area contributed by atoms with Crippen molar-refractivity contribution in [2.75, 3.05) is 0 Å². The molecule has 0 saturated heterocycles. The van der Waals surface area contributed by atoms with Crippen molar-refractivity contribution in [2.24, 2.45) is 0 Å². The minimum Gasteiger partial charge on any atom is -0.502 e. The summed E-state index contributed by atoms with van der Waals surface area (Å²) >= 11 is 0. The van der Waals surface area contributed by atoms with Gasteiger partial charge in [0.2, 0.25) is 5.76 Å². The van der Waals surface area contributed by atoms with Gasteiger partial charge >= 0.3 is 5.97 Å². The summed E-state index contributed by atoms with van der Waals surface area (Å²) in [5, 5.41) is 16.5. The van der Waals surface area contributed by atoms with Crippen LogP contribution < -0.4 is 0 Å². The minimum atomic E-state index is -1.31. The molecule has 0 aliphatic rings. The van der Waals surface area contributed by atoms with Gasteiger partial charge in [0.15, 0.2) is 0 Å². The number of aliphatic carboxylic acids is 1. The summed E-state index contributed by atoms with van der Waals surface area (Å²) in [6.45, 7) is 1.73. The van der Waals surface area contributed by atoms with Crippen LogP contribution in [0.15, 0.2) is 24.0 Å². The van der Waals surface area contributed by atoms with Gasteiger partial charge in [-0.3, -0.25) is 0 Å². The van der Waals surface area contributed by atoms with Crippen LogP contribution in [0.1, 0.15) is 6.92 Å². The smallest absolute Gasteiger partial charge is 0.370 e. The zero-order valence-corrected chi connectivity index (χ0v) is 5.03. The second-order valence-electron chi connectivity index (χ2n) is 1.38. The summed E-state index contributed by atoms with van der Waals surface area (Å²) in [6.07, 6.45) is 4.19. The number of hydrogen-bond donors (Lipinski definition) is 2. The molecule has 0 fully saturated rings. The Hall–Kier alpha value is -1.25.